The fourth-order valence-electron chi connectivity index (χ4n) is 1.20. The molecule has 0 aliphatic rings. The Bertz CT molecular complexity index is 499. The van der Waals surface area contributed by atoms with Crippen molar-refractivity contribution in [2.24, 2.45) is 7.05 Å². The lowest BCUT2D eigenvalue weighted by atomic mass is 10.3. The molecular formula is C10H10ClN3O2. The first-order chi connectivity index (χ1) is 7.69. The molecule has 1 N–H and O–H groups in total. The molecule has 2 heterocycles. The second-order valence-corrected chi connectivity index (χ2v) is 3.60. The summed E-state index contributed by atoms with van der Waals surface area (Å²) in [7, 11) is 1.79. The van der Waals surface area contributed by atoms with Gasteiger partial charge in [0.1, 0.15) is 0 Å². The SMILES string of the molecule is Cn1cc(Oc2ccc(Cl)c(CO)n2)cn1. The Morgan fingerprint density at radius 3 is 2.94 bits per heavy atom. The number of halogens is 1. The van der Waals surface area contributed by atoms with E-state index in [1.165, 1.54) is 0 Å². The van der Waals surface area contributed by atoms with Crippen LogP contribution in [0.5, 0.6) is 11.6 Å². The zero-order chi connectivity index (χ0) is 11.5. The number of aliphatic hydroxyl groups is 1. The topological polar surface area (TPSA) is 60.2 Å². The number of ether oxygens (including phenoxy) is 1. The van der Waals surface area contributed by atoms with Gasteiger partial charge < -0.3 is 9.84 Å². The second kappa shape index (κ2) is 4.51. The van der Waals surface area contributed by atoms with Crippen molar-refractivity contribution in [3.05, 3.63) is 35.2 Å². The molecule has 16 heavy (non-hydrogen) atoms. The first-order valence-corrected chi connectivity index (χ1v) is 4.99. The quantitative estimate of drug-likeness (QED) is 0.887. The van der Waals surface area contributed by atoms with Crippen LogP contribution in [0.2, 0.25) is 5.02 Å². The average Bonchev–Trinajstić information content (AvgIpc) is 2.67. The Hall–Kier alpha value is -1.59. The van der Waals surface area contributed by atoms with E-state index in [0.717, 1.165) is 0 Å². The highest BCUT2D eigenvalue weighted by atomic mass is 35.5. The molecule has 0 saturated heterocycles. The van der Waals surface area contributed by atoms with Crippen LogP contribution in [-0.4, -0.2) is 19.9 Å². The normalized spacial score (nSPS) is 10.4. The van der Waals surface area contributed by atoms with E-state index in [1.54, 1.807) is 36.3 Å². The Morgan fingerprint density at radius 2 is 2.31 bits per heavy atom. The Labute approximate surface area is 97.3 Å². The predicted molar refractivity (Wildman–Crippen MR) is 58.5 cm³/mol. The molecule has 84 valence electrons. The number of rotatable bonds is 3. The summed E-state index contributed by atoms with van der Waals surface area (Å²) in [4.78, 5) is 4.05. The van der Waals surface area contributed by atoms with Crippen molar-refractivity contribution in [2.75, 3.05) is 0 Å². The maximum Gasteiger partial charge on any atom is 0.219 e. The predicted octanol–water partition coefficient (Wildman–Crippen LogP) is 1.75. The number of hydrogen-bond acceptors (Lipinski definition) is 4. The zero-order valence-electron chi connectivity index (χ0n) is 8.59. The zero-order valence-corrected chi connectivity index (χ0v) is 9.35. The molecule has 0 aliphatic heterocycles. The number of pyridine rings is 1. The minimum Gasteiger partial charge on any atom is -0.436 e. The van der Waals surface area contributed by atoms with Gasteiger partial charge in [-0.15, -0.1) is 0 Å². The van der Waals surface area contributed by atoms with Gasteiger partial charge in [0.05, 0.1) is 29.7 Å². The van der Waals surface area contributed by atoms with Gasteiger partial charge in [0.25, 0.3) is 0 Å². The number of hydrogen-bond donors (Lipinski definition) is 1. The Morgan fingerprint density at radius 1 is 1.50 bits per heavy atom. The molecule has 0 amide bonds. The van der Waals surface area contributed by atoms with Gasteiger partial charge in [-0.1, -0.05) is 11.6 Å². The smallest absolute Gasteiger partial charge is 0.219 e. The van der Waals surface area contributed by atoms with E-state index in [9.17, 15) is 0 Å². The van der Waals surface area contributed by atoms with Crippen LogP contribution in [-0.2, 0) is 13.7 Å². The van der Waals surface area contributed by atoms with Crippen LogP contribution in [0.15, 0.2) is 24.5 Å². The van der Waals surface area contributed by atoms with E-state index < -0.39 is 0 Å². The van der Waals surface area contributed by atoms with Crippen molar-refractivity contribution < 1.29 is 9.84 Å². The van der Waals surface area contributed by atoms with Crippen molar-refractivity contribution in [2.45, 2.75) is 6.61 Å². The van der Waals surface area contributed by atoms with Gasteiger partial charge in [0, 0.05) is 13.1 Å². The Kier molecular flexibility index (Phi) is 3.07. The molecule has 6 heteroatoms. The number of aliphatic hydroxyl groups excluding tert-OH is 1. The number of nitrogens with zero attached hydrogens (tertiary/aromatic N) is 3. The van der Waals surface area contributed by atoms with Crippen molar-refractivity contribution in [1.29, 1.82) is 0 Å². The average molecular weight is 240 g/mol. The highest BCUT2D eigenvalue weighted by molar-refractivity contribution is 6.31. The Balaban J connectivity index is 2.21. The molecule has 0 spiro atoms. The first kappa shape index (κ1) is 10.9. The third-order valence-corrected chi connectivity index (χ3v) is 2.29. The van der Waals surface area contributed by atoms with Gasteiger partial charge in [-0.3, -0.25) is 4.68 Å². The molecule has 0 aromatic carbocycles. The summed E-state index contributed by atoms with van der Waals surface area (Å²) in [6.07, 6.45) is 3.30. The van der Waals surface area contributed by atoms with Gasteiger partial charge in [0.2, 0.25) is 5.88 Å². The van der Waals surface area contributed by atoms with Crippen LogP contribution >= 0.6 is 11.6 Å². The fourth-order valence-corrected chi connectivity index (χ4v) is 1.37. The lowest BCUT2D eigenvalue weighted by Crippen LogP contribution is -1.94. The van der Waals surface area contributed by atoms with Crippen LogP contribution in [0.3, 0.4) is 0 Å². The van der Waals surface area contributed by atoms with E-state index in [-0.39, 0.29) is 6.61 Å². The van der Waals surface area contributed by atoms with Crippen molar-refractivity contribution in [3.63, 3.8) is 0 Å². The molecule has 2 aromatic rings. The van der Waals surface area contributed by atoms with Crippen LogP contribution < -0.4 is 4.74 Å². The van der Waals surface area contributed by atoms with E-state index in [1.807, 2.05) is 0 Å². The summed E-state index contributed by atoms with van der Waals surface area (Å²) >= 11 is 5.81. The summed E-state index contributed by atoms with van der Waals surface area (Å²) in [5, 5.41) is 13.4. The van der Waals surface area contributed by atoms with Crippen LogP contribution in [0.25, 0.3) is 0 Å². The third-order valence-electron chi connectivity index (χ3n) is 1.95. The molecule has 5 nitrogen and oxygen atoms in total. The van der Waals surface area contributed by atoms with Crippen LogP contribution in [0.4, 0.5) is 0 Å². The fraction of sp³-hybridized carbons (Fsp3) is 0.200. The third kappa shape index (κ3) is 2.32. The molecule has 0 unspecified atom stereocenters. The summed E-state index contributed by atoms with van der Waals surface area (Å²) in [6.45, 7) is -0.219. The van der Waals surface area contributed by atoms with E-state index in [2.05, 4.69) is 10.1 Å². The first-order valence-electron chi connectivity index (χ1n) is 4.62. The van der Waals surface area contributed by atoms with E-state index >= 15 is 0 Å². The van der Waals surface area contributed by atoms with Gasteiger partial charge >= 0.3 is 0 Å². The maximum absolute atomic E-state index is 8.99. The molecule has 2 rings (SSSR count). The molecule has 2 aromatic heterocycles. The summed E-state index contributed by atoms with van der Waals surface area (Å²) in [5.41, 5.74) is 0.392. The largest absolute Gasteiger partial charge is 0.436 e. The molecule has 0 atom stereocenters. The van der Waals surface area contributed by atoms with Crippen LogP contribution in [0.1, 0.15) is 5.69 Å². The van der Waals surface area contributed by atoms with Gasteiger partial charge in [-0.25, -0.2) is 4.98 Å². The molecule has 0 radical (unpaired) electrons. The molecule has 0 fully saturated rings. The van der Waals surface area contributed by atoms with E-state index in [4.69, 9.17) is 21.4 Å². The van der Waals surface area contributed by atoms with Crippen molar-refractivity contribution >= 4 is 11.6 Å². The monoisotopic (exact) mass is 239 g/mol. The lowest BCUT2D eigenvalue weighted by molar-refractivity contribution is 0.275. The maximum atomic E-state index is 8.99. The highest BCUT2D eigenvalue weighted by Crippen LogP contribution is 2.22. The minimum absolute atomic E-state index is 0.219. The highest BCUT2D eigenvalue weighted by Gasteiger charge is 2.05. The van der Waals surface area contributed by atoms with Crippen molar-refractivity contribution in [1.82, 2.24) is 14.8 Å². The van der Waals surface area contributed by atoms with E-state index in [0.29, 0.717) is 22.3 Å². The summed E-state index contributed by atoms with van der Waals surface area (Å²) in [5.74, 6) is 0.961. The number of aryl methyl sites for hydroxylation is 1. The lowest BCUT2D eigenvalue weighted by Gasteiger charge is -2.04. The van der Waals surface area contributed by atoms with Crippen molar-refractivity contribution in [3.8, 4) is 11.6 Å². The molecule has 0 bridgehead atoms. The van der Waals surface area contributed by atoms with Gasteiger partial charge in [0.15, 0.2) is 5.75 Å². The molecular weight excluding hydrogens is 230 g/mol. The standard InChI is InChI=1S/C10H10ClN3O2/c1-14-5-7(4-12-14)16-10-3-2-8(11)9(6-15)13-10/h2-5,15H,6H2,1H3. The summed E-state index contributed by atoms with van der Waals surface area (Å²) in [6, 6.07) is 3.26. The van der Waals surface area contributed by atoms with Crippen LogP contribution in [0, 0.1) is 0 Å². The molecule has 0 saturated carbocycles. The minimum atomic E-state index is -0.219. The number of aromatic nitrogens is 3. The van der Waals surface area contributed by atoms with Gasteiger partial charge in [-0.2, -0.15) is 5.10 Å². The summed E-state index contributed by atoms with van der Waals surface area (Å²) < 4.78 is 7.06. The van der Waals surface area contributed by atoms with Gasteiger partial charge in [-0.05, 0) is 6.07 Å². The molecule has 0 aliphatic carbocycles. The second-order valence-electron chi connectivity index (χ2n) is 3.19.